The van der Waals surface area contributed by atoms with Crippen molar-refractivity contribution in [2.45, 2.75) is 63.7 Å². The molecular weight excluding hydrogens is 374 g/mol. The fourth-order valence-electron chi connectivity index (χ4n) is 5.14. The molecule has 0 aromatic heterocycles. The van der Waals surface area contributed by atoms with Gasteiger partial charge < -0.3 is 0 Å². The first-order chi connectivity index (χ1) is 15.2. The maximum atomic E-state index is 8.92. The Balaban J connectivity index is 1.24. The van der Waals surface area contributed by atoms with Gasteiger partial charge in [-0.05, 0) is 97.1 Å². The molecule has 1 aliphatic rings. The van der Waals surface area contributed by atoms with E-state index < -0.39 is 0 Å². The van der Waals surface area contributed by atoms with Gasteiger partial charge in [-0.3, -0.25) is 0 Å². The molecule has 0 saturated heterocycles. The van der Waals surface area contributed by atoms with Gasteiger partial charge in [0.25, 0.3) is 0 Å². The Hall–Kier alpha value is -2.85. The summed E-state index contributed by atoms with van der Waals surface area (Å²) in [7, 11) is 0. The van der Waals surface area contributed by atoms with E-state index in [0.717, 1.165) is 30.2 Å². The molecule has 0 N–H and O–H groups in total. The fraction of sp³-hybridized carbons (Fsp3) is 0.367. The molecule has 0 unspecified atom stereocenters. The lowest BCUT2D eigenvalue weighted by molar-refractivity contribution is 0.297. The number of hydrogen-bond donors (Lipinski definition) is 0. The second-order valence-electron chi connectivity index (χ2n) is 9.32. The minimum absolute atomic E-state index is 0.665. The molecule has 0 amide bonds. The van der Waals surface area contributed by atoms with E-state index in [1.807, 2.05) is 12.1 Å². The quantitative estimate of drug-likeness (QED) is 0.392. The average Bonchev–Trinajstić information content (AvgIpc) is 2.84. The highest BCUT2D eigenvalue weighted by Crippen LogP contribution is 2.39. The van der Waals surface area contributed by atoms with E-state index in [1.54, 1.807) is 0 Å². The normalized spacial score (nSPS) is 19.5. The molecule has 1 heteroatoms. The van der Waals surface area contributed by atoms with E-state index in [1.165, 1.54) is 54.4 Å². The molecule has 158 valence electrons. The van der Waals surface area contributed by atoms with E-state index in [2.05, 4.69) is 79.7 Å². The van der Waals surface area contributed by atoms with Crippen molar-refractivity contribution in [1.29, 1.82) is 5.26 Å². The molecule has 0 aliphatic heterocycles. The van der Waals surface area contributed by atoms with E-state index in [-0.39, 0.29) is 0 Å². The second-order valence-corrected chi connectivity index (χ2v) is 9.32. The molecule has 3 aromatic carbocycles. The van der Waals surface area contributed by atoms with Gasteiger partial charge in [0.1, 0.15) is 0 Å². The van der Waals surface area contributed by atoms with Gasteiger partial charge in [0.15, 0.2) is 0 Å². The fourth-order valence-corrected chi connectivity index (χ4v) is 5.14. The summed E-state index contributed by atoms with van der Waals surface area (Å²) in [6, 6.07) is 30.5. The molecule has 3 aromatic rings. The largest absolute Gasteiger partial charge is 0.192 e. The van der Waals surface area contributed by atoms with Crippen LogP contribution in [-0.4, -0.2) is 0 Å². The third-order valence-electron chi connectivity index (χ3n) is 7.14. The Kier molecular flexibility index (Phi) is 7.21. The summed E-state index contributed by atoms with van der Waals surface area (Å²) in [6.45, 7) is 2.39. The van der Waals surface area contributed by atoms with Crippen molar-refractivity contribution in [2.24, 2.45) is 5.92 Å². The first kappa shape index (κ1) is 21.4. The Morgan fingerprint density at radius 2 is 1.35 bits per heavy atom. The number of rotatable bonds is 7. The van der Waals surface area contributed by atoms with Crippen molar-refractivity contribution < 1.29 is 0 Å². The van der Waals surface area contributed by atoms with Gasteiger partial charge in [-0.2, -0.15) is 5.26 Å². The van der Waals surface area contributed by atoms with Gasteiger partial charge >= 0.3 is 0 Å². The lowest BCUT2D eigenvalue weighted by Crippen LogP contribution is -2.15. The number of nitriles is 1. The van der Waals surface area contributed by atoms with Crippen LogP contribution < -0.4 is 0 Å². The number of aryl methyl sites for hydroxylation is 2. The molecule has 0 heterocycles. The lowest BCUT2D eigenvalue weighted by Gasteiger charge is -2.30. The van der Waals surface area contributed by atoms with Crippen LogP contribution in [0.4, 0.5) is 0 Å². The zero-order chi connectivity index (χ0) is 21.5. The predicted octanol–water partition coefficient (Wildman–Crippen LogP) is 7.81. The third-order valence-corrected chi connectivity index (χ3v) is 7.14. The summed E-state index contributed by atoms with van der Waals surface area (Å²) < 4.78 is 0. The first-order valence-corrected chi connectivity index (χ1v) is 11.8. The molecule has 0 bridgehead atoms. The molecule has 1 atom stereocenters. The van der Waals surface area contributed by atoms with E-state index in [4.69, 9.17) is 5.26 Å². The molecular formula is C30H33N. The SMILES string of the molecule is C[C@@H](CC1CCC(c2ccc(CCc3ccc(C#N)cc3)cc2)CC1)c1ccccc1. The summed E-state index contributed by atoms with van der Waals surface area (Å²) in [6.07, 6.45) is 8.79. The maximum absolute atomic E-state index is 8.92. The van der Waals surface area contributed by atoms with Crippen LogP contribution in [0.5, 0.6) is 0 Å². The van der Waals surface area contributed by atoms with Gasteiger partial charge in [0, 0.05) is 0 Å². The van der Waals surface area contributed by atoms with Crippen molar-refractivity contribution in [3.8, 4) is 6.07 Å². The highest BCUT2D eigenvalue weighted by atomic mass is 14.3. The number of nitrogens with zero attached hydrogens (tertiary/aromatic N) is 1. The van der Waals surface area contributed by atoms with Crippen LogP contribution in [0.15, 0.2) is 78.9 Å². The summed E-state index contributed by atoms with van der Waals surface area (Å²) in [5.41, 5.74) is 6.44. The summed E-state index contributed by atoms with van der Waals surface area (Å²) in [5, 5.41) is 8.92. The van der Waals surface area contributed by atoms with Crippen molar-refractivity contribution in [1.82, 2.24) is 0 Å². The molecule has 1 saturated carbocycles. The summed E-state index contributed by atoms with van der Waals surface area (Å²) in [4.78, 5) is 0. The maximum Gasteiger partial charge on any atom is 0.0991 e. The molecule has 0 spiro atoms. The lowest BCUT2D eigenvalue weighted by atomic mass is 9.75. The number of hydrogen-bond acceptors (Lipinski definition) is 1. The topological polar surface area (TPSA) is 23.8 Å². The van der Waals surface area contributed by atoms with Gasteiger partial charge in [-0.1, -0.05) is 73.7 Å². The van der Waals surface area contributed by atoms with Gasteiger partial charge in [-0.15, -0.1) is 0 Å². The van der Waals surface area contributed by atoms with Crippen molar-refractivity contribution in [2.75, 3.05) is 0 Å². The van der Waals surface area contributed by atoms with Crippen molar-refractivity contribution >= 4 is 0 Å². The number of benzene rings is 3. The Bertz CT molecular complexity index is 971. The van der Waals surface area contributed by atoms with Crippen LogP contribution in [0.25, 0.3) is 0 Å². The van der Waals surface area contributed by atoms with Crippen molar-refractivity contribution in [3.05, 3.63) is 107 Å². The predicted molar refractivity (Wildman–Crippen MR) is 129 cm³/mol. The Labute approximate surface area is 187 Å². The second kappa shape index (κ2) is 10.5. The van der Waals surface area contributed by atoms with E-state index >= 15 is 0 Å². The van der Waals surface area contributed by atoms with E-state index in [0.29, 0.717) is 5.92 Å². The van der Waals surface area contributed by atoms with Gasteiger partial charge in [0.05, 0.1) is 11.6 Å². The zero-order valence-corrected chi connectivity index (χ0v) is 18.6. The molecule has 31 heavy (non-hydrogen) atoms. The molecule has 0 radical (unpaired) electrons. The Morgan fingerprint density at radius 1 is 0.774 bits per heavy atom. The molecule has 1 aliphatic carbocycles. The monoisotopic (exact) mass is 407 g/mol. The smallest absolute Gasteiger partial charge is 0.0991 e. The highest BCUT2D eigenvalue weighted by molar-refractivity contribution is 5.32. The average molecular weight is 408 g/mol. The first-order valence-electron chi connectivity index (χ1n) is 11.8. The third kappa shape index (κ3) is 5.86. The summed E-state index contributed by atoms with van der Waals surface area (Å²) in [5.74, 6) is 2.27. The van der Waals surface area contributed by atoms with Crippen LogP contribution in [0, 0.1) is 17.2 Å². The van der Waals surface area contributed by atoms with Crippen LogP contribution in [0.3, 0.4) is 0 Å². The Morgan fingerprint density at radius 3 is 1.94 bits per heavy atom. The van der Waals surface area contributed by atoms with E-state index in [9.17, 15) is 0 Å². The highest BCUT2D eigenvalue weighted by Gasteiger charge is 2.24. The minimum Gasteiger partial charge on any atom is -0.192 e. The van der Waals surface area contributed by atoms with Crippen LogP contribution in [-0.2, 0) is 12.8 Å². The van der Waals surface area contributed by atoms with Crippen LogP contribution >= 0.6 is 0 Å². The van der Waals surface area contributed by atoms with Crippen molar-refractivity contribution in [3.63, 3.8) is 0 Å². The zero-order valence-electron chi connectivity index (χ0n) is 18.6. The van der Waals surface area contributed by atoms with Gasteiger partial charge in [0.2, 0.25) is 0 Å². The molecule has 1 nitrogen and oxygen atoms in total. The van der Waals surface area contributed by atoms with Gasteiger partial charge in [-0.25, -0.2) is 0 Å². The standard InChI is InChI=1S/C30H33N/c1-23(28-5-3-2-4-6-28)21-26-15-19-30(20-16-26)29-17-13-25(14-18-29)8-7-24-9-11-27(22-31)12-10-24/h2-6,9-14,17-18,23,26,30H,7-8,15-16,19-21H2,1H3/t23-,26?,30?/m0/s1. The molecule has 1 fully saturated rings. The summed E-state index contributed by atoms with van der Waals surface area (Å²) >= 11 is 0. The molecule has 4 rings (SSSR count). The van der Waals surface area contributed by atoms with Crippen LogP contribution in [0.1, 0.15) is 78.7 Å². The minimum atomic E-state index is 0.665. The van der Waals surface area contributed by atoms with Crippen LogP contribution in [0.2, 0.25) is 0 Å².